The number of ketones is 1. The highest BCUT2D eigenvalue weighted by atomic mass is 16.4. The molecule has 0 unspecified atom stereocenters. The van der Waals surface area contributed by atoms with E-state index in [0.717, 1.165) is 6.08 Å². The minimum Gasteiger partial charge on any atom is -0.478 e. The Hall–Kier alpha value is -1.91. The summed E-state index contributed by atoms with van der Waals surface area (Å²) in [6.45, 7) is 1.78. The number of imidazole rings is 1. The molecule has 0 radical (unpaired) electrons. The largest absolute Gasteiger partial charge is 0.478 e. The van der Waals surface area contributed by atoms with Crippen molar-refractivity contribution in [1.29, 1.82) is 0 Å². The van der Waals surface area contributed by atoms with Crippen LogP contribution in [0.3, 0.4) is 0 Å². The summed E-state index contributed by atoms with van der Waals surface area (Å²) in [5.41, 5.74) is 0.647. The number of rotatable bonds is 4. The van der Waals surface area contributed by atoms with Crippen LogP contribution in [0.25, 0.3) is 6.08 Å². The molecule has 0 spiro atoms. The van der Waals surface area contributed by atoms with Crippen LogP contribution in [0.1, 0.15) is 12.6 Å². The third-order valence-electron chi connectivity index (χ3n) is 1.51. The number of nitrogens with zero attached hydrogens (tertiary/aromatic N) is 1. The predicted octanol–water partition coefficient (Wildman–Crippen LogP) is -0.0110. The number of hydrogen-bond donors (Lipinski definition) is 2. The van der Waals surface area contributed by atoms with Crippen molar-refractivity contribution in [2.45, 2.75) is 13.5 Å². The Balaban J connectivity index is 2.68. The van der Waals surface area contributed by atoms with Crippen LogP contribution in [-0.4, -0.2) is 21.8 Å². The molecule has 0 aliphatic rings. The van der Waals surface area contributed by atoms with E-state index in [1.807, 2.05) is 0 Å². The molecule has 0 aliphatic carbocycles. The van der Waals surface area contributed by atoms with Crippen molar-refractivity contribution in [3.05, 3.63) is 24.3 Å². The molecule has 0 atom stereocenters. The van der Waals surface area contributed by atoms with Crippen LogP contribution in [0.4, 0.5) is 0 Å². The molecule has 1 aromatic rings. The number of aromatic amines is 1. The average Bonchev–Trinajstić information content (AvgIpc) is 2.47. The number of aliphatic carboxylic acids is 1. The van der Waals surface area contributed by atoms with Crippen molar-refractivity contribution < 1.29 is 19.3 Å². The van der Waals surface area contributed by atoms with Gasteiger partial charge in [0.15, 0.2) is 11.5 Å². The van der Waals surface area contributed by atoms with E-state index in [1.165, 1.54) is 13.0 Å². The standard InChI is InChI=1S/C9H10N2O3/c1-7(12)4-11-5-8(10-6-11)2-3-9(13)14/h2-3,5-6H,4H2,1H3,(H,13,14)/p+1/b3-2+. The molecule has 0 bridgehead atoms. The molecule has 1 rings (SSSR count). The molecule has 5 nitrogen and oxygen atoms in total. The van der Waals surface area contributed by atoms with Crippen LogP contribution in [-0.2, 0) is 16.1 Å². The van der Waals surface area contributed by atoms with Crippen molar-refractivity contribution in [2.24, 2.45) is 0 Å². The van der Waals surface area contributed by atoms with Gasteiger partial charge >= 0.3 is 5.97 Å². The fourth-order valence-electron chi connectivity index (χ4n) is 1.01. The van der Waals surface area contributed by atoms with Crippen molar-refractivity contribution in [3.8, 4) is 0 Å². The monoisotopic (exact) mass is 195 g/mol. The number of carbonyl (C=O) groups is 2. The second-order valence-corrected chi connectivity index (χ2v) is 2.90. The molecule has 1 aromatic heterocycles. The first kappa shape index (κ1) is 10.2. The predicted molar refractivity (Wildman–Crippen MR) is 48.3 cm³/mol. The van der Waals surface area contributed by atoms with E-state index in [9.17, 15) is 9.59 Å². The molecule has 0 aromatic carbocycles. The van der Waals surface area contributed by atoms with Gasteiger partial charge in [0.1, 0.15) is 12.7 Å². The van der Waals surface area contributed by atoms with E-state index in [4.69, 9.17) is 5.11 Å². The minimum atomic E-state index is -1.00. The number of aromatic nitrogens is 2. The lowest BCUT2D eigenvalue weighted by Crippen LogP contribution is -2.34. The summed E-state index contributed by atoms with van der Waals surface area (Å²) in [6.07, 6.45) is 5.74. The topological polar surface area (TPSA) is 74.0 Å². The van der Waals surface area contributed by atoms with E-state index in [0.29, 0.717) is 5.69 Å². The Labute approximate surface area is 80.7 Å². The van der Waals surface area contributed by atoms with Gasteiger partial charge in [-0.2, -0.15) is 0 Å². The molecule has 0 saturated carbocycles. The fraction of sp³-hybridized carbons (Fsp3) is 0.222. The van der Waals surface area contributed by atoms with Crippen molar-refractivity contribution in [3.63, 3.8) is 0 Å². The number of carboxylic acid groups (broad SMARTS) is 1. The maximum Gasteiger partial charge on any atom is 0.328 e. The van der Waals surface area contributed by atoms with Gasteiger partial charge in [0.2, 0.25) is 6.33 Å². The normalized spacial score (nSPS) is 10.6. The zero-order chi connectivity index (χ0) is 10.6. The molecule has 0 amide bonds. The molecule has 0 saturated heterocycles. The van der Waals surface area contributed by atoms with Gasteiger partial charge in [0, 0.05) is 6.08 Å². The maximum atomic E-state index is 10.7. The molecule has 5 heteroatoms. The lowest BCUT2D eigenvalue weighted by Gasteiger charge is -1.86. The lowest BCUT2D eigenvalue weighted by molar-refractivity contribution is -0.682. The minimum absolute atomic E-state index is 0.0442. The number of carbonyl (C=O) groups excluding carboxylic acids is 1. The molecular formula is C9H11N2O3+. The quantitative estimate of drug-likeness (QED) is 0.524. The van der Waals surface area contributed by atoms with Crippen molar-refractivity contribution in [2.75, 3.05) is 0 Å². The highest BCUT2D eigenvalue weighted by molar-refractivity contribution is 5.84. The maximum absolute atomic E-state index is 10.7. The van der Waals surface area contributed by atoms with Crippen molar-refractivity contribution >= 4 is 17.8 Å². The fourth-order valence-corrected chi connectivity index (χ4v) is 1.01. The van der Waals surface area contributed by atoms with Crippen LogP contribution in [0.2, 0.25) is 0 Å². The highest BCUT2D eigenvalue weighted by Gasteiger charge is 2.04. The van der Waals surface area contributed by atoms with Gasteiger partial charge in [0.25, 0.3) is 0 Å². The SMILES string of the molecule is CC(=O)C[n+]1c[nH]c(/C=C/C(=O)O)c1. The Morgan fingerprint density at radius 2 is 2.36 bits per heavy atom. The van der Waals surface area contributed by atoms with Crippen LogP contribution >= 0.6 is 0 Å². The van der Waals surface area contributed by atoms with Gasteiger partial charge in [0.05, 0.1) is 0 Å². The van der Waals surface area contributed by atoms with Crippen LogP contribution in [0, 0.1) is 0 Å². The van der Waals surface area contributed by atoms with Crippen molar-refractivity contribution in [1.82, 2.24) is 4.98 Å². The first-order valence-corrected chi connectivity index (χ1v) is 4.06. The highest BCUT2D eigenvalue weighted by Crippen LogP contribution is 1.92. The second kappa shape index (κ2) is 4.36. The molecule has 1 heterocycles. The van der Waals surface area contributed by atoms with Crippen LogP contribution in [0.15, 0.2) is 18.6 Å². The average molecular weight is 195 g/mol. The third-order valence-corrected chi connectivity index (χ3v) is 1.51. The van der Waals surface area contributed by atoms with Gasteiger partial charge in [-0.1, -0.05) is 0 Å². The van der Waals surface area contributed by atoms with E-state index in [-0.39, 0.29) is 12.3 Å². The Kier molecular flexibility index (Phi) is 3.17. The van der Waals surface area contributed by atoms with Gasteiger partial charge in [-0.25, -0.2) is 14.3 Å². The first-order valence-electron chi connectivity index (χ1n) is 4.06. The summed E-state index contributed by atoms with van der Waals surface area (Å²) in [5, 5.41) is 8.37. The second-order valence-electron chi connectivity index (χ2n) is 2.90. The van der Waals surface area contributed by atoms with E-state index >= 15 is 0 Å². The molecule has 0 aliphatic heterocycles. The molecular weight excluding hydrogens is 184 g/mol. The summed E-state index contributed by atoms with van der Waals surface area (Å²) < 4.78 is 1.66. The van der Waals surface area contributed by atoms with Gasteiger partial charge < -0.3 is 5.11 Å². The number of nitrogens with one attached hydrogen (secondary N) is 1. The molecule has 0 fully saturated rings. The number of H-pyrrole nitrogens is 1. The zero-order valence-electron chi connectivity index (χ0n) is 7.73. The Morgan fingerprint density at radius 1 is 1.64 bits per heavy atom. The summed E-state index contributed by atoms with van der Waals surface area (Å²) in [4.78, 5) is 23.8. The summed E-state index contributed by atoms with van der Waals surface area (Å²) in [7, 11) is 0. The number of hydrogen-bond acceptors (Lipinski definition) is 2. The van der Waals surface area contributed by atoms with E-state index in [1.54, 1.807) is 17.1 Å². The third kappa shape index (κ3) is 3.22. The number of carboxylic acids is 1. The Bertz CT molecular complexity index is 379. The molecule has 2 N–H and O–H groups in total. The van der Waals surface area contributed by atoms with Gasteiger partial charge in [-0.3, -0.25) is 4.79 Å². The zero-order valence-corrected chi connectivity index (χ0v) is 7.73. The summed E-state index contributed by atoms with van der Waals surface area (Å²) in [5.74, 6) is -0.958. The summed E-state index contributed by atoms with van der Waals surface area (Å²) in [6, 6.07) is 0. The van der Waals surface area contributed by atoms with Crippen LogP contribution < -0.4 is 4.57 Å². The Morgan fingerprint density at radius 3 is 2.93 bits per heavy atom. The molecule has 74 valence electrons. The lowest BCUT2D eigenvalue weighted by atomic mass is 10.4. The van der Waals surface area contributed by atoms with Gasteiger partial charge in [-0.15, -0.1) is 0 Å². The summed E-state index contributed by atoms with van der Waals surface area (Å²) >= 11 is 0. The van der Waals surface area contributed by atoms with Gasteiger partial charge in [-0.05, 0) is 13.0 Å². The van der Waals surface area contributed by atoms with E-state index < -0.39 is 5.97 Å². The first-order chi connectivity index (χ1) is 6.58. The number of Topliss-reactive ketones (excluding diaryl/α,β-unsaturated/α-hetero) is 1. The van der Waals surface area contributed by atoms with Crippen LogP contribution in [0.5, 0.6) is 0 Å². The van der Waals surface area contributed by atoms with E-state index in [2.05, 4.69) is 4.98 Å². The smallest absolute Gasteiger partial charge is 0.328 e. The molecule has 14 heavy (non-hydrogen) atoms.